The van der Waals surface area contributed by atoms with E-state index >= 15 is 0 Å². The number of hydrogen-bond donors (Lipinski definition) is 1. The van der Waals surface area contributed by atoms with E-state index < -0.39 is 0 Å². The summed E-state index contributed by atoms with van der Waals surface area (Å²) in [6.07, 6.45) is 2.66. The zero-order chi connectivity index (χ0) is 6.85. The summed E-state index contributed by atoms with van der Waals surface area (Å²) in [5.74, 6) is 2.88. The first kappa shape index (κ1) is 7.07. The van der Waals surface area contributed by atoms with Crippen LogP contribution in [0, 0.1) is 17.8 Å². The van der Waals surface area contributed by atoms with Gasteiger partial charge in [-0.2, -0.15) is 0 Å². The highest BCUT2D eigenvalue weighted by molar-refractivity contribution is 4.86. The molecule has 3 atom stereocenters. The molecule has 54 valence electrons. The van der Waals surface area contributed by atoms with Crippen molar-refractivity contribution >= 4 is 0 Å². The van der Waals surface area contributed by atoms with Gasteiger partial charge in [0, 0.05) is 0 Å². The lowest BCUT2D eigenvalue weighted by atomic mass is 10.0. The van der Waals surface area contributed by atoms with Crippen molar-refractivity contribution in [3.05, 3.63) is 0 Å². The van der Waals surface area contributed by atoms with Crippen molar-refractivity contribution in [2.75, 3.05) is 6.54 Å². The van der Waals surface area contributed by atoms with E-state index in [9.17, 15) is 0 Å². The molecule has 0 saturated heterocycles. The van der Waals surface area contributed by atoms with Crippen molar-refractivity contribution in [3.8, 4) is 0 Å². The summed E-state index contributed by atoms with van der Waals surface area (Å²) in [6, 6.07) is 0. The number of hydrogen-bond acceptors (Lipinski definition) is 1. The number of nitrogens with two attached hydrogens (primary N) is 1. The quantitative estimate of drug-likeness (QED) is 0.612. The van der Waals surface area contributed by atoms with E-state index in [0.29, 0.717) is 0 Å². The van der Waals surface area contributed by atoms with Gasteiger partial charge in [-0.25, -0.2) is 0 Å². The predicted molar refractivity (Wildman–Crippen MR) is 40.1 cm³/mol. The average Bonchev–Trinajstić information content (AvgIpc) is 2.47. The van der Waals surface area contributed by atoms with E-state index in [-0.39, 0.29) is 0 Å². The molecular formula is C8H17N. The molecule has 0 amide bonds. The molecule has 1 aliphatic carbocycles. The highest BCUT2D eigenvalue weighted by Gasteiger charge is 2.36. The lowest BCUT2D eigenvalue weighted by molar-refractivity contribution is 0.455. The molecule has 0 radical (unpaired) electrons. The number of rotatable bonds is 3. The first-order valence-electron chi connectivity index (χ1n) is 3.95. The highest BCUT2D eigenvalue weighted by Crippen LogP contribution is 2.44. The molecule has 9 heavy (non-hydrogen) atoms. The van der Waals surface area contributed by atoms with Crippen LogP contribution in [0.15, 0.2) is 0 Å². The summed E-state index contributed by atoms with van der Waals surface area (Å²) in [7, 11) is 0. The fourth-order valence-corrected chi connectivity index (χ4v) is 1.62. The second kappa shape index (κ2) is 2.70. The standard InChI is InChI=1S/C8H17N/c1-6(3-4-9)8-5-7(8)2/h6-8H,3-5,9H2,1-2H3. The Morgan fingerprint density at radius 2 is 2.22 bits per heavy atom. The van der Waals surface area contributed by atoms with E-state index in [2.05, 4.69) is 13.8 Å². The van der Waals surface area contributed by atoms with Crippen molar-refractivity contribution < 1.29 is 0 Å². The van der Waals surface area contributed by atoms with Crippen LogP contribution >= 0.6 is 0 Å². The minimum Gasteiger partial charge on any atom is -0.330 e. The molecule has 0 aromatic rings. The topological polar surface area (TPSA) is 26.0 Å². The zero-order valence-electron chi connectivity index (χ0n) is 6.43. The Morgan fingerprint density at radius 1 is 1.67 bits per heavy atom. The van der Waals surface area contributed by atoms with Gasteiger partial charge in [-0.05, 0) is 37.1 Å². The lowest BCUT2D eigenvalue weighted by Crippen LogP contribution is -2.07. The van der Waals surface area contributed by atoms with Crippen LogP contribution in [-0.2, 0) is 0 Å². The second-order valence-corrected chi connectivity index (χ2v) is 3.43. The summed E-state index contributed by atoms with van der Waals surface area (Å²) in [5, 5.41) is 0. The van der Waals surface area contributed by atoms with E-state index in [1.807, 2.05) is 0 Å². The zero-order valence-corrected chi connectivity index (χ0v) is 6.43. The molecule has 1 aliphatic rings. The van der Waals surface area contributed by atoms with Crippen LogP contribution in [-0.4, -0.2) is 6.54 Å². The maximum atomic E-state index is 5.44. The van der Waals surface area contributed by atoms with Crippen molar-refractivity contribution in [2.24, 2.45) is 23.5 Å². The van der Waals surface area contributed by atoms with Crippen LogP contribution < -0.4 is 5.73 Å². The van der Waals surface area contributed by atoms with Crippen molar-refractivity contribution in [3.63, 3.8) is 0 Å². The molecule has 0 bridgehead atoms. The maximum Gasteiger partial charge on any atom is -0.00746 e. The smallest absolute Gasteiger partial charge is 0.00746 e. The van der Waals surface area contributed by atoms with E-state index in [4.69, 9.17) is 5.73 Å². The Kier molecular flexibility index (Phi) is 2.12. The summed E-state index contributed by atoms with van der Waals surface area (Å²) in [4.78, 5) is 0. The minimum atomic E-state index is 0.865. The van der Waals surface area contributed by atoms with Gasteiger partial charge in [0.1, 0.15) is 0 Å². The van der Waals surface area contributed by atoms with Crippen LogP contribution in [0.25, 0.3) is 0 Å². The van der Waals surface area contributed by atoms with Crippen LogP contribution in [0.2, 0.25) is 0 Å². The molecule has 0 aliphatic heterocycles. The summed E-state index contributed by atoms with van der Waals surface area (Å²) >= 11 is 0. The maximum absolute atomic E-state index is 5.44. The molecule has 0 aromatic heterocycles. The molecule has 1 fully saturated rings. The molecule has 3 unspecified atom stereocenters. The monoisotopic (exact) mass is 127 g/mol. The Morgan fingerprint density at radius 3 is 2.56 bits per heavy atom. The van der Waals surface area contributed by atoms with Crippen molar-refractivity contribution in [1.82, 2.24) is 0 Å². The molecule has 0 aromatic carbocycles. The molecule has 1 saturated carbocycles. The third-order valence-corrected chi connectivity index (χ3v) is 2.52. The molecule has 1 rings (SSSR count). The highest BCUT2D eigenvalue weighted by atomic mass is 14.5. The molecule has 2 N–H and O–H groups in total. The first-order valence-corrected chi connectivity index (χ1v) is 3.95. The van der Waals surface area contributed by atoms with Crippen LogP contribution in [0.5, 0.6) is 0 Å². The van der Waals surface area contributed by atoms with Crippen LogP contribution in [0.4, 0.5) is 0 Å². The Hall–Kier alpha value is -0.0400. The summed E-state index contributed by atoms with van der Waals surface area (Å²) in [6.45, 7) is 5.52. The average molecular weight is 127 g/mol. The Balaban J connectivity index is 2.11. The van der Waals surface area contributed by atoms with Crippen molar-refractivity contribution in [1.29, 1.82) is 0 Å². The molecule has 1 nitrogen and oxygen atoms in total. The molecule has 1 heteroatoms. The largest absolute Gasteiger partial charge is 0.330 e. The van der Waals surface area contributed by atoms with E-state index in [0.717, 1.165) is 24.3 Å². The van der Waals surface area contributed by atoms with Gasteiger partial charge in [0.05, 0.1) is 0 Å². The molecule has 0 heterocycles. The lowest BCUT2D eigenvalue weighted by Gasteiger charge is -2.06. The van der Waals surface area contributed by atoms with E-state index in [1.54, 1.807) is 0 Å². The van der Waals surface area contributed by atoms with Gasteiger partial charge in [0.2, 0.25) is 0 Å². The van der Waals surface area contributed by atoms with Crippen molar-refractivity contribution in [2.45, 2.75) is 26.7 Å². The van der Waals surface area contributed by atoms with Gasteiger partial charge in [0.15, 0.2) is 0 Å². The van der Waals surface area contributed by atoms with Crippen LogP contribution in [0.3, 0.4) is 0 Å². The Bertz CT molecular complexity index is 90.6. The fourth-order valence-electron chi connectivity index (χ4n) is 1.62. The van der Waals surface area contributed by atoms with Gasteiger partial charge >= 0.3 is 0 Å². The Labute approximate surface area is 57.6 Å². The third-order valence-electron chi connectivity index (χ3n) is 2.52. The minimum absolute atomic E-state index is 0.865. The SMILES string of the molecule is CC(CCN)C1CC1C. The predicted octanol–water partition coefficient (Wildman–Crippen LogP) is 1.63. The molecule has 0 spiro atoms. The third kappa shape index (κ3) is 1.68. The van der Waals surface area contributed by atoms with Gasteiger partial charge in [-0.1, -0.05) is 13.8 Å². The summed E-state index contributed by atoms with van der Waals surface area (Å²) < 4.78 is 0. The normalized spacial score (nSPS) is 36.3. The first-order chi connectivity index (χ1) is 4.25. The fraction of sp³-hybridized carbons (Fsp3) is 1.00. The van der Waals surface area contributed by atoms with Gasteiger partial charge in [-0.3, -0.25) is 0 Å². The van der Waals surface area contributed by atoms with Crippen LogP contribution in [0.1, 0.15) is 26.7 Å². The van der Waals surface area contributed by atoms with Gasteiger partial charge in [-0.15, -0.1) is 0 Å². The van der Waals surface area contributed by atoms with Gasteiger partial charge < -0.3 is 5.73 Å². The summed E-state index contributed by atoms with van der Waals surface area (Å²) in [5.41, 5.74) is 5.44. The van der Waals surface area contributed by atoms with E-state index in [1.165, 1.54) is 12.8 Å². The molecular weight excluding hydrogens is 110 g/mol. The van der Waals surface area contributed by atoms with Gasteiger partial charge in [0.25, 0.3) is 0 Å². The second-order valence-electron chi connectivity index (χ2n) is 3.43.